The van der Waals surface area contributed by atoms with Crippen LogP contribution in [-0.2, 0) is 0 Å². The molecule has 0 bridgehead atoms. The van der Waals surface area contributed by atoms with Crippen LogP contribution in [0.4, 0.5) is 0 Å². The average molecular weight is 247 g/mol. The minimum absolute atomic E-state index is 0. The van der Waals surface area contributed by atoms with E-state index in [9.17, 15) is 0 Å². The second-order valence-electron chi connectivity index (χ2n) is 4.18. The lowest BCUT2D eigenvalue weighted by molar-refractivity contribution is 0.135. The van der Waals surface area contributed by atoms with Gasteiger partial charge in [-0.05, 0) is 13.0 Å². The lowest BCUT2D eigenvalue weighted by atomic mass is 10.3. The molecular weight excluding hydrogens is 210 g/mol. The molecule has 0 aromatic carbocycles. The first-order valence-electron chi connectivity index (χ1n) is 7.43. The summed E-state index contributed by atoms with van der Waals surface area (Å²) in [6.45, 7) is 18.5. The van der Waals surface area contributed by atoms with E-state index < -0.39 is 0 Å². The lowest BCUT2D eigenvalue weighted by Crippen LogP contribution is -2.47. The smallest absolute Gasteiger partial charge is 0.0110 e. The Balaban J connectivity index is -0.000000329. The zero-order chi connectivity index (χ0) is 13.5. The maximum atomic E-state index is 5.50. The van der Waals surface area contributed by atoms with Gasteiger partial charge in [-0.25, -0.2) is 0 Å². The van der Waals surface area contributed by atoms with Crippen molar-refractivity contribution in [2.75, 3.05) is 45.8 Å². The van der Waals surface area contributed by atoms with Crippen molar-refractivity contribution >= 4 is 0 Å². The molecule has 0 aromatic rings. The summed E-state index contributed by atoms with van der Waals surface area (Å²) >= 11 is 0. The standard InChI is InChI=1S/C9H21N3.C3H8.C2H6.H2/c1-2-4-11-6-8-12(5-3-10)9-7-11;1-3-2;1-2;/h2-10H2,1H3;3H2,1-2H3;1-2H3;1H. The number of hydrogen-bond acceptors (Lipinski definition) is 3. The number of piperazine rings is 1. The molecule has 0 atom stereocenters. The monoisotopic (exact) mass is 247 g/mol. The van der Waals surface area contributed by atoms with Gasteiger partial charge < -0.3 is 10.6 Å². The third-order valence-corrected chi connectivity index (χ3v) is 2.45. The molecule has 2 N–H and O–H groups in total. The van der Waals surface area contributed by atoms with E-state index in [1.54, 1.807) is 0 Å². The Morgan fingerprint density at radius 2 is 1.24 bits per heavy atom. The largest absolute Gasteiger partial charge is 0.329 e. The fourth-order valence-electron chi connectivity index (χ4n) is 1.74. The van der Waals surface area contributed by atoms with Crippen molar-refractivity contribution in [3.05, 3.63) is 0 Å². The quantitative estimate of drug-likeness (QED) is 0.829. The summed E-state index contributed by atoms with van der Waals surface area (Å²) in [4.78, 5) is 4.99. The van der Waals surface area contributed by atoms with Crippen molar-refractivity contribution in [1.82, 2.24) is 9.80 Å². The van der Waals surface area contributed by atoms with Gasteiger partial charge in [0.2, 0.25) is 0 Å². The van der Waals surface area contributed by atoms with Crippen molar-refractivity contribution in [3.63, 3.8) is 0 Å². The topological polar surface area (TPSA) is 32.5 Å². The zero-order valence-corrected chi connectivity index (χ0v) is 12.8. The van der Waals surface area contributed by atoms with Crippen LogP contribution in [0.25, 0.3) is 0 Å². The van der Waals surface area contributed by atoms with Gasteiger partial charge in [0, 0.05) is 40.7 Å². The molecular formula is C14H37N3. The van der Waals surface area contributed by atoms with Crippen molar-refractivity contribution in [2.24, 2.45) is 5.73 Å². The summed E-state index contributed by atoms with van der Waals surface area (Å²) in [5, 5.41) is 0. The summed E-state index contributed by atoms with van der Waals surface area (Å²) < 4.78 is 0. The summed E-state index contributed by atoms with van der Waals surface area (Å²) in [7, 11) is 0. The van der Waals surface area contributed by atoms with Crippen molar-refractivity contribution in [2.45, 2.75) is 47.5 Å². The second kappa shape index (κ2) is 15.9. The third-order valence-electron chi connectivity index (χ3n) is 2.45. The third kappa shape index (κ3) is 12.1. The molecule has 0 saturated carbocycles. The van der Waals surface area contributed by atoms with E-state index in [0.717, 1.165) is 13.1 Å². The van der Waals surface area contributed by atoms with Gasteiger partial charge in [0.05, 0.1) is 0 Å². The Morgan fingerprint density at radius 1 is 0.882 bits per heavy atom. The molecule has 1 heterocycles. The highest BCUT2D eigenvalue weighted by Gasteiger charge is 2.14. The summed E-state index contributed by atoms with van der Waals surface area (Å²) in [6, 6.07) is 0. The lowest BCUT2D eigenvalue weighted by Gasteiger charge is -2.34. The second-order valence-corrected chi connectivity index (χ2v) is 4.18. The molecule has 1 aliphatic rings. The van der Waals surface area contributed by atoms with E-state index in [1.807, 2.05) is 13.8 Å². The van der Waals surface area contributed by atoms with Gasteiger partial charge in [-0.2, -0.15) is 0 Å². The van der Waals surface area contributed by atoms with Crippen LogP contribution in [0.2, 0.25) is 0 Å². The molecule has 1 saturated heterocycles. The molecule has 0 amide bonds. The molecule has 3 heteroatoms. The van der Waals surface area contributed by atoms with Crippen LogP contribution < -0.4 is 5.73 Å². The first-order valence-corrected chi connectivity index (χ1v) is 7.43. The van der Waals surface area contributed by atoms with Crippen molar-refractivity contribution in [3.8, 4) is 0 Å². The Kier molecular flexibility index (Phi) is 18.0. The fourth-order valence-corrected chi connectivity index (χ4v) is 1.74. The molecule has 108 valence electrons. The number of rotatable bonds is 4. The van der Waals surface area contributed by atoms with Gasteiger partial charge in [0.15, 0.2) is 0 Å². The molecule has 1 rings (SSSR count). The molecule has 0 aromatic heterocycles. The molecule has 0 unspecified atom stereocenters. The predicted octanol–water partition coefficient (Wildman–Crippen LogP) is 2.66. The van der Waals surface area contributed by atoms with Crippen LogP contribution in [0.5, 0.6) is 0 Å². The van der Waals surface area contributed by atoms with Crippen LogP contribution in [-0.4, -0.2) is 55.6 Å². The van der Waals surface area contributed by atoms with Crippen LogP contribution in [0.1, 0.15) is 48.9 Å². The van der Waals surface area contributed by atoms with Crippen LogP contribution in [0, 0.1) is 0 Å². The molecule has 0 radical (unpaired) electrons. The highest BCUT2D eigenvalue weighted by molar-refractivity contribution is 4.71. The van der Waals surface area contributed by atoms with Gasteiger partial charge >= 0.3 is 0 Å². The van der Waals surface area contributed by atoms with Gasteiger partial charge in [-0.3, -0.25) is 4.90 Å². The Morgan fingerprint density at radius 3 is 1.53 bits per heavy atom. The first kappa shape index (κ1) is 19.2. The molecule has 0 spiro atoms. The Hall–Kier alpha value is -0.120. The zero-order valence-electron chi connectivity index (χ0n) is 12.8. The first-order chi connectivity index (χ1) is 8.28. The van der Waals surface area contributed by atoms with E-state index in [1.165, 1.54) is 45.6 Å². The van der Waals surface area contributed by atoms with E-state index in [4.69, 9.17) is 5.73 Å². The van der Waals surface area contributed by atoms with E-state index >= 15 is 0 Å². The molecule has 0 aliphatic carbocycles. The minimum atomic E-state index is 0. The summed E-state index contributed by atoms with van der Waals surface area (Å²) in [5.74, 6) is 0. The van der Waals surface area contributed by atoms with E-state index in [2.05, 4.69) is 30.6 Å². The van der Waals surface area contributed by atoms with Crippen LogP contribution in [0.15, 0.2) is 0 Å². The van der Waals surface area contributed by atoms with Crippen molar-refractivity contribution in [1.29, 1.82) is 0 Å². The minimum Gasteiger partial charge on any atom is -0.329 e. The maximum Gasteiger partial charge on any atom is 0.0110 e. The van der Waals surface area contributed by atoms with Gasteiger partial charge in [0.1, 0.15) is 0 Å². The highest BCUT2D eigenvalue weighted by Crippen LogP contribution is 2.00. The van der Waals surface area contributed by atoms with Gasteiger partial charge in [0.25, 0.3) is 0 Å². The van der Waals surface area contributed by atoms with E-state index in [0.29, 0.717) is 0 Å². The number of hydrogen-bond donors (Lipinski definition) is 1. The van der Waals surface area contributed by atoms with Gasteiger partial charge in [-0.1, -0.05) is 41.0 Å². The molecule has 1 fully saturated rings. The van der Waals surface area contributed by atoms with Crippen LogP contribution >= 0.6 is 0 Å². The SMILES string of the molecule is CC.CCC.CCCN1CCN(CCN)CC1.[HH]. The summed E-state index contributed by atoms with van der Waals surface area (Å²) in [6.07, 6.45) is 2.52. The van der Waals surface area contributed by atoms with E-state index in [-0.39, 0.29) is 1.43 Å². The fraction of sp³-hybridized carbons (Fsp3) is 1.00. The Bertz CT molecular complexity index is 112. The molecule has 3 nitrogen and oxygen atoms in total. The number of nitrogens with zero attached hydrogens (tertiary/aromatic N) is 2. The number of nitrogens with two attached hydrogens (primary N) is 1. The average Bonchev–Trinajstić information content (AvgIpc) is 2.36. The highest BCUT2D eigenvalue weighted by atomic mass is 15.3. The van der Waals surface area contributed by atoms with Crippen LogP contribution in [0.3, 0.4) is 0 Å². The van der Waals surface area contributed by atoms with Crippen molar-refractivity contribution < 1.29 is 1.43 Å². The predicted molar refractivity (Wildman–Crippen MR) is 81.7 cm³/mol. The molecule has 1 aliphatic heterocycles. The molecule has 17 heavy (non-hydrogen) atoms. The Labute approximate surface area is 111 Å². The summed E-state index contributed by atoms with van der Waals surface area (Å²) in [5.41, 5.74) is 5.50. The maximum absolute atomic E-state index is 5.50. The van der Waals surface area contributed by atoms with Gasteiger partial charge in [-0.15, -0.1) is 0 Å². The normalized spacial score (nSPS) is 16.6.